The summed E-state index contributed by atoms with van der Waals surface area (Å²) in [5, 5.41) is 7.07. The highest BCUT2D eigenvalue weighted by Crippen LogP contribution is 2.08. The molecule has 0 bridgehead atoms. The van der Waals surface area contributed by atoms with Gasteiger partial charge in [0.05, 0.1) is 6.61 Å². The van der Waals surface area contributed by atoms with E-state index in [2.05, 4.69) is 37.3 Å². The van der Waals surface area contributed by atoms with E-state index in [1.807, 2.05) is 0 Å². The third-order valence-corrected chi connectivity index (χ3v) is 2.56. The second-order valence-electron chi connectivity index (χ2n) is 3.96. The molecule has 0 aromatic carbocycles. The quantitative estimate of drug-likeness (QED) is 0.735. The van der Waals surface area contributed by atoms with Crippen LogP contribution in [-0.4, -0.2) is 49.5 Å². The molecule has 0 fully saturated rings. The van der Waals surface area contributed by atoms with Gasteiger partial charge in [-0.2, -0.15) is 24.7 Å². The monoisotopic (exact) mass is 297 g/mol. The third-order valence-electron chi connectivity index (χ3n) is 2.39. The minimum atomic E-state index is 0.0971. The molecule has 20 heavy (non-hydrogen) atoms. The smallest absolute Gasteiger partial charge is 0.258 e. The standard InChI is InChI=1S/C11H16ClN7O/c1-2-3-5-20-6-4-14-10-16-9(12)17-11(18-10)19-8-13-7-15-19/h7-8H,2-6H2,1H3,(H,14,16,17,18). The van der Waals surface area contributed by atoms with Crippen molar-refractivity contribution in [1.82, 2.24) is 29.7 Å². The average molecular weight is 298 g/mol. The largest absolute Gasteiger partial charge is 0.380 e. The van der Waals surface area contributed by atoms with Crippen LogP contribution < -0.4 is 5.32 Å². The first-order chi connectivity index (χ1) is 9.79. The molecule has 2 aromatic rings. The molecule has 0 saturated heterocycles. The van der Waals surface area contributed by atoms with Gasteiger partial charge in [0.2, 0.25) is 11.2 Å². The second-order valence-corrected chi connectivity index (χ2v) is 4.30. The molecule has 0 amide bonds. The normalized spacial score (nSPS) is 10.7. The minimum Gasteiger partial charge on any atom is -0.380 e. The van der Waals surface area contributed by atoms with E-state index in [1.54, 1.807) is 0 Å². The molecular formula is C11H16ClN7O. The first kappa shape index (κ1) is 14.6. The summed E-state index contributed by atoms with van der Waals surface area (Å²) in [5.41, 5.74) is 0. The number of halogens is 1. The van der Waals surface area contributed by atoms with Crippen LogP contribution in [0.3, 0.4) is 0 Å². The Morgan fingerprint density at radius 2 is 2.20 bits per heavy atom. The highest BCUT2D eigenvalue weighted by atomic mass is 35.5. The van der Waals surface area contributed by atoms with Crippen LogP contribution in [0.5, 0.6) is 0 Å². The summed E-state index contributed by atoms with van der Waals surface area (Å²) in [6.45, 7) is 4.07. The van der Waals surface area contributed by atoms with E-state index in [4.69, 9.17) is 16.3 Å². The molecule has 0 aliphatic rings. The topological polar surface area (TPSA) is 90.6 Å². The number of aromatic nitrogens is 6. The van der Waals surface area contributed by atoms with Crippen molar-refractivity contribution in [3.8, 4) is 5.95 Å². The second kappa shape index (κ2) is 7.71. The molecule has 0 saturated carbocycles. The Labute approximate surface area is 121 Å². The zero-order valence-electron chi connectivity index (χ0n) is 11.2. The fourth-order valence-corrected chi connectivity index (χ4v) is 1.57. The van der Waals surface area contributed by atoms with E-state index in [-0.39, 0.29) is 5.28 Å². The lowest BCUT2D eigenvalue weighted by atomic mass is 10.4. The zero-order chi connectivity index (χ0) is 14.2. The molecule has 0 atom stereocenters. The Bertz CT molecular complexity index is 519. The molecule has 2 rings (SSSR count). The Hall–Kier alpha value is -1.80. The maximum Gasteiger partial charge on any atom is 0.258 e. The molecule has 0 aliphatic carbocycles. The maximum absolute atomic E-state index is 5.85. The van der Waals surface area contributed by atoms with Crippen LogP contribution >= 0.6 is 11.6 Å². The number of hydrogen-bond donors (Lipinski definition) is 1. The predicted octanol–water partition coefficient (Wildman–Crippen LogP) is 1.33. The van der Waals surface area contributed by atoms with Gasteiger partial charge in [0.25, 0.3) is 5.95 Å². The maximum atomic E-state index is 5.85. The summed E-state index contributed by atoms with van der Waals surface area (Å²) in [7, 11) is 0. The number of hydrogen-bond acceptors (Lipinski definition) is 7. The van der Waals surface area contributed by atoms with Crippen LogP contribution in [0.1, 0.15) is 19.8 Å². The summed E-state index contributed by atoms with van der Waals surface area (Å²) in [4.78, 5) is 16.0. The number of nitrogens with zero attached hydrogens (tertiary/aromatic N) is 6. The van der Waals surface area contributed by atoms with E-state index in [1.165, 1.54) is 17.3 Å². The minimum absolute atomic E-state index is 0.0971. The molecule has 0 radical (unpaired) electrons. The van der Waals surface area contributed by atoms with Crippen molar-refractivity contribution in [2.24, 2.45) is 0 Å². The number of anilines is 1. The molecule has 2 heterocycles. The Kier molecular flexibility index (Phi) is 5.63. The van der Waals surface area contributed by atoms with Gasteiger partial charge >= 0.3 is 0 Å². The fraction of sp³-hybridized carbons (Fsp3) is 0.545. The van der Waals surface area contributed by atoms with Crippen molar-refractivity contribution in [2.75, 3.05) is 25.1 Å². The van der Waals surface area contributed by atoms with Gasteiger partial charge in [0, 0.05) is 13.2 Å². The number of nitrogens with one attached hydrogen (secondary N) is 1. The zero-order valence-corrected chi connectivity index (χ0v) is 11.9. The number of unbranched alkanes of at least 4 members (excludes halogenated alkanes) is 1. The van der Waals surface area contributed by atoms with Crippen LogP contribution in [0, 0.1) is 0 Å². The average Bonchev–Trinajstić information content (AvgIpc) is 2.96. The molecule has 2 aromatic heterocycles. The summed E-state index contributed by atoms with van der Waals surface area (Å²) < 4.78 is 6.85. The lowest BCUT2D eigenvalue weighted by Gasteiger charge is -2.07. The lowest BCUT2D eigenvalue weighted by Crippen LogP contribution is -2.14. The number of rotatable bonds is 8. The van der Waals surface area contributed by atoms with Gasteiger partial charge in [-0.15, -0.1) is 0 Å². The van der Waals surface area contributed by atoms with Crippen LogP contribution in [0.2, 0.25) is 5.28 Å². The highest BCUT2D eigenvalue weighted by molar-refractivity contribution is 6.28. The van der Waals surface area contributed by atoms with Crippen molar-refractivity contribution in [3.05, 3.63) is 17.9 Å². The lowest BCUT2D eigenvalue weighted by molar-refractivity contribution is 0.141. The summed E-state index contributed by atoms with van der Waals surface area (Å²) >= 11 is 5.85. The van der Waals surface area contributed by atoms with Gasteiger partial charge < -0.3 is 10.1 Å². The van der Waals surface area contributed by atoms with Crippen molar-refractivity contribution >= 4 is 17.5 Å². The van der Waals surface area contributed by atoms with E-state index in [0.29, 0.717) is 25.0 Å². The molecular weight excluding hydrogens is 282 g/mol. The van der Waals surface area contributed by atoms with Crippen molar-refractivity contribution in [1.29, 1.82) is 0 Å². The first-order valence-corrected chi connectivity index (χ1v) is 6.75. The van der Waals surface area contributed by atoms with Gasteiger partial charge in [0.15, 0.2) is 0 Å². The molecule has 0 unspecified atom stereocenters. The van der Waals surface area contributed by atoms with Crippen molar-refractivity contribution in [2.45, 2.75) is 19.8 Å². The molecule has 0 aliphatic heterocycles. The molecule has 0 spiro atoms. The van der Waals surface area contributed by atoms with E-state index >= 15 is 0 Å². The van der Waals surface area contributed by atoms with Crippen LogP contribution in [-0.2, 0) is 4.74 Å². The van der Waals surface area contributed by atoms with Crippen LogP contribution in [0.15, 0.2) is 12.7 Å². The van der Waals surface area contributed by atoms with E-state index in [0.717, 1.165) is 19.4 Å². The Balaban J connectivity index is 1.88. The summed E-state index contributed by atoms with van der Waals surface area (Å²) in [5.74, 6) is 0.700. The molecule has 9 heteroatoms. The van der Waals surface area contributed by atoms with Crippen LogP contribution in [0.4, 0.5) is 5.95 Å². The highest BCUT2D eigenvalue weighted by Gasteiger charge is 2.06. The van der Waals surface area contributed by atoms with Gasteiger partial charge in [-0.3, -0.25) is 0 Å². The first-order valence-electron chi connectivity index (χ1n) is 6.38. The SMILES string of the molecule is CCCCOCCNc1nc(Cl)nc(-n2cncn2)n1. The Morgan fingerprint density at radius 3 is 2.95 bits per heavy atom. The predicted molar refractivity (Wildman–Crippen MR) is 74.0 cm³/mol. The Morgan fingerprint density at radius 1 is 1.30 bits per heavy atom. The van der Waals surface area contributed by atoms with E-state index < -0.39 is 0 Å². The van der Waals surface area contributed by atoms with Crippen molar-refractivity contribution < 1.29 is 4.74 Å². The van der Waals surface area contributed by atoms with Crippen molar-refractivity contribution in [3.63, 3.8) is 0 Å². The van der Waals surface area contributed by atoms with Gasteiger partial charge in [-0.05, 0) is 18.0 Å². The summed E-state index contributed by atoms with van der Waals surface area (Å²) in [6.07, 6.45) is 5.07. The number of ether oxygens (including phenoxy) is 1. The van der Waals surface area contributed by atoms with Crippen LogP contribution in [0.25, 0.3) is 5.95 Å². The molecule has 108 valence electrons. The summed E-state index contributed by atoms with van der Waals surface area (Å²) in [6, 6.07) is 0. The molecule has 1 N–H and O–H groups in total. The fourth-order valence-electron chi connectivity index (χ4n) is 1.42. The molecule has 8 nitrogen and oxygen atoms in total. The van der Waals surface area contributed by atoms with E-state index in [9.17, 15) is 0 Å². The van der Waals surface area contributed by atoms with Gasteiger partial charge in [-0.25, -0.2) is 4.98 Å². The van der Waals surface area contributed by atoms with Gasteiger partial charge in [0.1, 0.15) is 12.7 Å². The third kappa shape index (κ3) is 4.39. The van der Waals surface area contributed by atoms with Gasteiger partial charge in [-0.1, -0.05) is 13.3 Å².